The second-order valence-electron chi connectivity index (χ2n) is 6.96. The van der Waals surface area contributed by atoms with Gasteiger partial charge in [-0.3, -0.25) is 0 Å². The van der Waals surface area contributed by atoms with E-state index in [1.807, 2.05) is 0 Å². The standard InChI is InChI=1S/C14H30NO2Si.ClH/c1-13(2)14(16)17-11-10-15(3,4)9-8-12-18(5,6)7;/h1,8-12H2,2-7H3;1H/q+1;/p-1. The van der Waals surface area contributed by atoms with E-state index in [4.69, 9.17) is 4.74 Å². The highest BCUT2D eigenvalue weighted by Gasteiger charge is 2.19. The Kier molecular flexibility index (Phi) is 9.69. The molecule has 0 radical (unpaired) electrons. The molecule has 0 saturated carbocycles. The molecule has 0 N–H and O–H groups in total. The number of carbonyl (C=O) groups is 1. The molecule has 0 saturated heterocycles. The van der Waals surface area contributed by atoms with E-state index in [1.54, 1.807) is 6.92 Å². The lowest BCUT2D eigenvalue weighted by molar-refractivity contribution is -0.890. The number of quaternary nitrogens is 1. The summed E-state index contributed by atoms with van der Waals surface area (Å²) in [6.45, 7) is 15.0. The van der Waals surface area contributed by atoms with E-state index in [1.165, 1.54) is 12.5 Å². The Balaban J connectivity index is 0. The number of ether oxygens (including phenoxy) is 1. The molecule has 0 aliphatic heterocycles. The van der Waals surface area contributed by atoms with Gasteiger partial charge in [0.15, 0.2) is 0 Å². The normalized spacial score (nSPS) is 11.7. The Bertz CT molecular complexity index is 298. The molecule has 0 unspecified atom stereocenters. The third-order valence-electron chi connectivity index (χ3n) is 2.97. The molecule has 19 heavy (non-hydrogen) atoms. The zero-order chi connectivity index (χ0) is 14.4. The van der Waals surface area contributed by atoms with Gasteiger partial charge in [0.2, 0.25) is 0 Å². The van der Waals surface area contributed by atoms with Gasteiger partial charge in [0.25, 0.3) is 0 Å². The summed E-state index contributed by atoms with van der Waals surface area (Å²) in [5, 5.41) is 0. The van der Waals surface area contributed by atoms with E-state index >= 15 is 0 Å². The van der Waals surface area contributed by atoms with E-state index < -0.39 is 8.07 Å². The zero-order valence-electron chi connectivity index (χ0n) is 13.4. The van der Waals surface area contributed by atoms with Gasteiger partial charge in [0.05, 0.1) is 20.6 Å². The first kappa shape index (κ1) is 21.0. The molecule has 0 aromatic carbocycles. The van der Waals surface area contributed by atoms with Crippen LogP contribution in [-0.2, 0) is 9.53 Å². The van der Waals surface area contributed by atoms with E-state index in [9.17, 15) is 4.79 Å². The predicted molar refractivity (Wildman–Crippen MR) is 80.4 cm³/mol. The molecule has 5 heteroatoms. The Morgan fingerprint density at radius 3 is 2.16 bits per heavy atom. The molecule has 3 nitrogen and oxygen atoms in total. The number of halogens is 1. The first-order chi connectivity index (χ1) is 8.03. The summed E-state index contributed by atoms with van der Waals surface area (Å²) in [6.07, 6.45) is 1.26. The van der Waals surface area contributed by atoms with Crippen molar-refractivity contribution >= 4 is 14.0 Å². The van der Waals surface area contributed by atoms with Crippen LogP contribution < -0.4 is 12.4 Å². The Morgan fingerprint density at radius 1 is 1.21 bits per heavy atom. The van der Waals surface area contributed by atoms with Gasteiger partial charge in [-0.05, 0) is 13.3 Å². The number of rotatable bonds is 8. The number of esters is 1. The summed E-state index contributed by atoms with van der Waals surface area (Å²) < 4.78 is 6.05. The van der Waals surface area contributed by atoms with E-state index in [0.717, 1.165) is 17.6 Å². The third-order valence-corrected chi connectivity index (χ3v) is 4.82. The third kappa shape index (κ3) is 12.5. The van der Waals surface area contributed by atoms with Crippen molar-refractivity contribution < 1.29 is 26.4 Å². The van der Waals surface area contributed by atoms with Gasteiger partial charge in [-0.2, -0.15) is 0 Å². The summed E-state index contributed by atoms with van der Waals surface area (Å²) in [7, 11) is 3.46. The van der Waals surface area contributed by atoms with Crippen molar-refractivity contribution in [2.45, 2.75) is 39.0 Å². The van der Waals surface area contributed by atoms with Crippen LogP contribution in [0.4, 0.5) is 0 Å². The van der Waals surface area contributed by atoms with Gasteiger partial charge in [0, 0.05) is 13.6 Å². The average molecular weight is 308 g/mol. The van der Waals surface area contributed by atoms with Crippen molar-refractivity contribution in [1.82, 2.24) is 0 Å². The fourth-order valence-corrected chi connectivity index (χ4v) is 2.88. The van der Waals surface area contributed by atoms with Crippen LogP contribution in [0.5, 0.6) is 0 Å². The zero-order valence-corrected chi connectivity index (χ0v) is 15.1. The predicted octanol–water partition coefficient (Wildman–Crippen LogP) is -0.0856. The summed E-state index contributed by atoms with van der Waals surface area (Å²) in [4.78, 5) is 11.3. The Hall–Kier alpha value is -0.323. The van der Waals surface area contributed by atoms with E-state index in [2.05, 4.69) is 40.3 Å². The number of hydrogen-bond acceptors (Lipinski definition) is 2. The minimum atomic E-state index is -0.928. The maximum atomic E-state index is 11.3. The van der Waals surface area contributed by atoms with Crippen molar-refractivity contribution in [3.8, 4) is 0 Å². The molecule has 0 atom stereocenters. The average Bonchev–Trinajstić information content (AvgIpc) is 2.14. The van der Waals surface area contributed by atoms with Crippen molar-refractivity contribution in [2.24, 2.45) is 0 Å². The van der Waals surface area contributed by atoms with E-state index in [-0.39, 0.29) is 18.4 Å². The van der Waals surface area contributed by atoms with Gasteiger partial charge in [-0.1, -0.05) is 32.3 Å². The second kappa shape index (κ2) is 8.77. The SMILES string of the molecule is C=C(C)C(=O)OCC[N+](C)(C)CCC[Si](C)(C)C.[Cl-]. The van der Waals surface area contributed by atoms with Crippen molar-refractivity contribution in [2.75, 3.05) is 33.8 Å². The molecule has 0 aromatic heterocycles. The molecule has 0 aliphatic carbocycles. The maximum Gasteiger partial charge on any atom is 0.333 e. The van der Waals surface area contributed by atoms with Crippen molar-refractivity contribution in [3.63, 3.8) is 0 Å². The topological polar surface area (TPSA) is 26.3 Å². The first-order valence-corrected chi connectivity index (χ1v) is 10.4. The number of carbonyl (C=O) groups excluding carboxylic acids is 1. The molecule has 114 valence electrons. The number of likely N-dealkylation sites (N-methyl/N-ethyl adjacent to an activating group) is 1. The van der Waals surface area contributed by atoms with Gasteiger partial charge in [-0.15, -0.1) is 0 Å². The van der Waals surface area contributed by atoms with Gasteiger partial charge in [-0.25, -0.2) is 4.79 Å². The molecular formula is C14H30ClNO2Si. The first-order valence-electron chi connectivity index (χ1n) is 6.68. The molecule has 0 bridgehead atoms. The number of hydrogen-bond donors (Lipinski definition) is 0. The lowest BCUT2D eigenvalue weighted by atomic mass is 10.3. The molecule has 0 rings (SSSR count). The smallest absolute Gasteiger partial charge is 0.333 e. The summed E-state index contributed by atoms with van der Waals surface area (Å²) in [6, 6.07) is 1.36. The molecule has 0 fully saturated rings. The highest BCUT2D eigenvalue weighted by molar-refractivity contribution is 6.76. The molecule has 0 heterocycles. The molecule has 0 spiro atoms. The van der Waals surface area contributed by atoms with Crippen molar-refractivity contribution in [3.05, 3.63) is 12.2 Å². The summed E-state index contributed by atoms with van der Waals surface area (Å²) in [5.74, 6) is -0.280. The number of nitrogens with zero attached hydrogens (tertiary/aromatic N) is 1. The minimum Gasteiger partial charge on any atom is -1.00 e. The quantitative estimate of drug-likeness (QED) is 0.271. The fraction of sp³-hybridized carbons (Fsp3) is 0.786. The van der Waals surface area contributed by atoms with Crippen molar-refractivity contribution in [1.29, 1.82) is 0 Å². The van der Waals surface area contributed by atoms with Crippen LogP contribution in [0, 0.1) is 0 Å². The van der Waals surface area contributed by atoms with Crippen LogP contribution in [0.25, 0.3) is 0 Å². The molecule has 0 aromatic rings. The summed E-state index contributed by atoms with van der Waals surface area (Å²) in [5.41, 5.74) is 0.471. The van der Waals surface area contributed by atoms with Gasteiger partial charge >= 0.3 is 5.97 Å². The van der Waals surface area contributed by atoms with Crippen LogP contribution in [0.2, 0.25) is 25.7 Å². The van der Waals surface area contributed by atoms with Gasteiger partial charge in [0.1, 0.15) is 13.2 Å². The summed E-state index contributed by atoms with van der Waals surface area (Å²) >= 11 is 0. The van der Waals surface area contributed by atoms with E-state index in [0.29, 0.717) is 12.2 Å². The Labute approximate surface area is 126 Å². The van der Waals surface area contributed by atoms with Crippen LogP contribution in [0.1, 0.15) is 13.3 Å². The molecular weight excluding hydrogens is 278 g/mol. The fourth-order valence-electron chi connectivity index (χ4n) is 1.66. The second-order valence-corrected chi connectivity index (χ2v) is 12.6. The van der Waals surface area contributed by atoms with Crippen LogP contribution >= 0.6 is 0 Å². The highest BCUT2D eigenvalue weighted by atomic mass is 35.5. The largest absolute Gasteiger partial charge is 1.00 e. The van der Waals surface area contributed by atoms with Crippen LogP contribution in [0.3, 0.4) is 0 Å². The minimum absolute atomic E-state index is 0. The Morgan fingerprint density at radius 2 is 1.74 bits per heavy atom. The maximum absolute atomic E-state index is 11.3. The lowest BCUT2D eigenvalue weighted by Crippen LogP contribution is -3.00. The molecule has 0 amide bonds. The monoisotopic (exact) mass is 307 g/mol. The lowest BCUT2D eigenvalue weighted by Gasteiger charge is -2.30. The van der Waals surface area contributed by atoms with Crippen LogP contribution in [-0.4, -0.2) is 52.3 Å². The van der Waals surface area contributed by atoms with Crippen LogP contribution in [0.15, 0.2) is 12.2 Å². The van der Waals surface area contributed by atoms with Gasteiger partial charge < -0.3 is 21.6 Å². The molecule has 0 aliphatic rings. The highest BCUT2D eigenvalue weighted by Crippen LogP contribution is 2.13.